The molecule has 0 radical (unpaired) electrons. The highest BCUT2D eigenvalue weighted by molar-refractivity contribution is 7.15. The second-order valence-corrected chi connectivity index (χ2v) is 14.2. The van der Waals surface area contributed by atoms with Gasteiger partial charge in [0.05, 0.1) is 27.4 Å². The molecule has 46 heavy (non-hydrogen) atoms. The number of hydrogen-bond donors (Lipinski definition) is 1. The van der Waals surface area contributed by atoms with Crippen LogP contribution in [0.5, 0.6) is 0 Å². The number of anilines is 1. The van der Waals surface area contributed by atoms with Crippen LogP contribution in [-0.2, 0) is 4.79 Å². The Kier molecular flexibility index (Phi) is 8.28. The fourth-order valence-electron chi connectivity index (χ4n) is 6.00. The minimum Gasteiger partial charge on any atom is -0.322 e. The molecule has 1 amide bonds. The van der Waals surface area contributed by atoms with E-state index in [0.717, 1.165) is 38.0 Å². The summed E-state index contributed by atoms with van der Waals surface area (Å²) in [5.74, 6) is 0.0532. The number of aryl methyl sites for hydroxylation is 2. The number of hydrogen-bond acceptors (Lipinski definition) is 6. The standard InChI is InChI=1S/C37H35N5O2S2/c1-20(2)26-13-15-27(16-14-26)33-32(34(43)40-29-11-9-8-10-12-29)23(5)39-37-42(33)35(44)31(46-37)18-28-17-21(3)41(24(28)6)36-30(19-38)22(4)25(7)45-36/h8-18,20,33H,1-7H3,(H,40,43)/b31-18+/t33-/m1/s1. The number of thiophene rings is 1. The topological polar surface area (TPSA) is 92.2 Å². The monoisotopic (exact) mass is 645 g/mol. The maximum absolute atomic E-state index is 14.3. The van der Waals surface area contributed by atoms with Gasteiger partial charge in [0, 0.05) is 22.0 Å². The fourth-order valence-corrected chi connectivity index (χ4v) is 8.25. The van der Waals surface area contributed by atoms with E-state index in [9.17, 15) is 14.9 Å². The first-order valence-electron chi connectivity index (χ1n) is 15.2. The van der Waals surface area contributed by atoms with Crippen LogP contribution in [0.4, 0.5) is 5.69 Å². The molecule has 1 N–H and O–H groups in total. The summed E-state index contributed by atoms with van der Waals surface area (Å²) < 4.78 is 4.29. The Labute approximate surface area is 276 Å². The lowest BCUT2D eigenvalue weighted by molar-refractivity contribution is -0.113. The number of nitriles is 1. The Bertz CT molecular complexity index is 2260. The zero-order valence-corrected chi connectivity index (χ0v) is 28.6. The molecule has 0 unspecified atom stereocenters. The molecule has 7 nitrogen and oxygen atoms in total. The van der Waals surface area contributed by atoms with E-state index >= 15 is 0 Å². The molecule has 1 aliphatic heterocycles. The van der Waals surface area contributed by atoms with Gasteiger partial charge < -0.3 is 9.88 Å². The first-order valence-corrected chi connectivity index (χ1v) is 16.8. The normalized spacial score (nSPS) is 14.8. The quantitative estimate of drug-likeness (QED) is 0.217. The molecule has 1 atom stereocenters. The molecule has 3 aromatic heterocycles. The van der Waals surface area contributed by atoms with E-state index < -0.39 is 6.04 Å². The number of allylic oxidation sites excluding steroid dienone is 1. The Morgan fingerprint density at radius 2 is 1.72 bits per heavy atom. The van der Waals surface area contributed by atoms with E-state index in [1.807, 2.05) is 89.2 Å². The molecule has 6 rings (SSSR count). The maximum Gasteiger partial charge on any atom is 0.271 e. The summed E-state index contributed by atoms with van der Waals surface area (Å²) in [4.78, 5) is 34.7. The van der Waals surface area contributed by atoms with Crippen molar-refractivity contribution in [3.63, 3.8) is 0 Å². The van der Waals surface area contributed by atoms with Crippen LogP contribution in [0, 0.1) is 39.0 Å². The number of carbonyl (C=O) groups excluding carboxylic acids is 1. The van der Waals surface area contributed by atoms with Crippen molar-refractivity contribution < 1.29 is 4.79 Å². The lowest BCUT2D eigenvalue weighted by Gasteiger charge is -2.25. The predicted octanol–water partition coefficient (Wildman–Crippen LogP) is 6.95. The number of para-hydroxylation sites is 1. The number of fused-ring (bicyclic) bond motifs is 1. The van der Waals surface area contributed by atoms with E-state index in [1.165, 1.54) is 16.9 Å². The van der Waals surface area contributed by atoms with Crippen molar-refractivity contribution in [2.75, 3.05) is 5.32 Å². The number of thiazole rings is 1. The molecule has 0 saturated carbocycles. The average molecular weight is 646 g/mol. The molecule has 1 aliphatic rings. The molecule has 0 aliphatic carbocycles. The second-order valence-electron chi connectivity index (χ2n) is 12.0. The van der Waals surface area contributed by atoms with Crippen molar-refractivity contribution >= 4 is 40.3 Å². The van der Waals surface area contributed by atoms with Gasteiger partial charge in [0.2, 0.25) is 0 Å². The third-order valence-electron chi connectivity index (χ3n) is 8.66. The number of aromatic nitrogens is 2. The molecule has 232 valence electrons. The molecule has 4 heterocycles. The van der Waals surface area contributed by atoms with Crippen LogP contribution in [0.1, 0.15) is 76.8 Å². The van der Waals surface area contributed by atoms with E-state index in [1.54, 1.807) is 15.9 Å². The molecule has 0 fully saturated rings. The van der Waals surface area contributed by atoms with Gasteiger partial charge in [-0.1, -0.05) is 67.6 Å². The minimum absolute atomic E-state index is 0.204. The molecule has 2 aromatic carbocycles. The highest BCUT2D eigenvalue weighted by atomic mass is 32.1. The number of nitrogens with one attached hydrogen (secondary N) is 1. The van der Waals surface area contributed by atoms with Crippen molar-refractivity contribution in [1.29, 1.82) is 5.26 Å². The van der Waals surface area contributed by atoms with Crippen molar-refractivity contribution in [2.45, 2.75) is 60.4 Å². The highest BCUT2D eigenvalue weighted by Crippen LogP contribution is 2.34. The van der Waals surface area contributed by atoms with Gasteiger partial charge in [0.1, 0.15) is 11.1 Å². The van der Waals surface area contributed by atoms with E-state index in [0.29, 0.717) is 37.8 Å². The van der Waals surface area contributed by atoms with Crippen LogP contribution < -0.4 is 20.2 Å². The van der Waals surface area contributed by atoms with Crippen LogP contribution in [0.15, 0.2) is 81.7 Å². The summed E-state index contributed by atoms with van der Waals surface area (Å²) in [5, 5.41) is 13.8. The average Bonchev–Trinajstić information content (AvgIpc) is 3.60. The summed E-state index contributed by atoms with van der Waals surface area (Å²) in [7, 11) is 0. The highest BCUT2D eigenvalue weighted by Gasteiger charge is 2.32. The van der Waals surface area contributed by atoms with Crippen molar-refractivity contribution in [3.8, 4) is 11.1 Å². The maximum atomic E-state index is 14.3. The van der Waals surface area contributed by atoms with Gasteiger partial charge >= 0.3 is 0 Å². The van der Waals surface area contributed by atoms with Crippen molar-refractivity contribution in [1.82, 2.24) is 9.13 Å². The van der Waals surface area contributed by atoms with Gasteiger partial charge in [0.25, 0.3) is 11.5 Å². The fraction of sp³-hybridized carbons (Fsp3) is 0.243. The third-order valence-corrected chi connectivity index (χ3v) is 10.8. The summed E-state index contributed by atoms with van der Waals surface area (Å²) in [6.07, 6.45) is 1.91. The minimum atomic E-state index is -0.647. The van der Waals surface area contributed by atoms with Gasteiger partial charge in [-0.05, 0) is 87.1 Å². The van der Waals surface area contributed by atoms with Crippen LogP contribution in [0.3, 0.4) is 0 Å². The van der Waals surface area contributed by atoms with Crippen molar-refractivity contribution in [3.05, 3.63) is 136 Å². The van der Waals surface area contributed by atoms with Gasteiger partial charge in [-0.25, -0.2) is 4.99 Å². The molecule has 5 aromatic rings. The van der Waals surface area contributed by atoms with Crippen molar-refractivity contribution in [2.24, 2.45) is 4.99 Å². The molecule has 9 heteroatoms. The summed E-state index contributed by atoms with van der Waals surface area (Å²) >= 11 is 2.92. The third kappa shape index (κ3) is 5.38. The number of amides is 1. The van der Waals surface area contributed by atoms with Crippen LogP contribution in [0.25, 0.3) is 11.1 Å². The molecule has 0 spiro atoms. The number of rotatable bonds is 6. The largest absolute Gasteiger partial charge is 0.322 e. The Morgan fingerprint density at radius 1 is 1.02 bits per heavy atom. The van der Waals surface area contributed by atoms with Crippen LogP contribution in [-0.4, -0.2) is 15.0 Å². The zero-order valence-electron chi connectivity index (χ0n) is 26.9. The molecule has 0 saturated heterocycles. The van der Waals surface area contributed by atoms with Gasteiger partial charge in [-0.3, -0.25) is 14.2 Å². The summed E-state index contributed by atoms with van der Waals surface area (Å²) in [6.45, 7) is 14.1. The van der Waals surface area contributed by atoms with Crippen LogP contribution in [0.2, 0.25) is 0 Å². The lowest BCUT2D eigenvalue weighted by atomic mass is 9.93. The number of carbonyl (C=O) groups is 1. The number of benzene rings is 2. The van der Waals surface area contributed by atoms with Gasteiger partial charge in [0.15, 0.2) is 4.80 Å². The van der Waals surface area contributed by atoms with E-state index in [4.69, 9.17) is 4.99 Å². The Balaban J connectivity index is 1.50. The zero-order chi connectivity index (χ0) is 32.9. The first kappa shape index (κ1) is 31.2. The van der Waals surface area contributed by atoms with Gasteiger partial charge in [-0.15, -0.1) is 11.3 Å². The first-order chi connectivity index (χ1) is 22.0. The Morgan fingerprint density at radius 3 is 2.37 bits per heavy atom. The Hall–Kier alpha value is -4.78. The summed E-state index contributed by atoms with van der Waals surface area (Å²) in [6, 6.07) is 21.2. The van der Waals surface area contributed by atoms with E-state index in [2.05, 4.69) is 41.9 Å². The molecule has 0 bridgehead atoms. The summed E-state index contributed by atoms with van der Waals surface area (Å²) in [5.41, 5.74) is 7.99. The molecular weight excluding hydrogens is 611 g/mol. The predicted molar refractivity (Wildman–Crippen MR) is 187 cm³/mol. The lowest BCUT2D eigenvalue weighted by Crippen LogP contribution is -2.40. The SMILES string of the molecule is CC1=C(C(=O)Nc2ccccc2)[C@@H](c2ccc(C(C)C)cc2)n2c(s/c(=C/c3cc(C)n(-c4sc(C)c(C)c4C#N)c3C)c2=O)=N1. The van der Waals surface area contributed by atoms with Gasteiger partial charge in [-0.2, -0.15) is 5.26 Å². The van der Waals surface area contributed by atoms with E-state index in [-0.39, 0.29) is 11.5 Å². The number of nitrogens with zero attached hydrogens (tertiary/aromatic N) is 4. The van der Waals surface area contributed by atoms with Crippen LogP contribution >= 0.6 is 22.7 Å². The molecular formula is C37H35N5O2S2. The smallest absolute Gasteiger partial charge is 0.271 e. The second kappa shape index (κ2) is 12.2.